The van der Waals surface area contributed by atoms with Gasteiger partial charge in [0.1, 0.15) is 16.8 Å². The lowest BCUT2D eigenvalue weighted by Crippen LogP contribution is -2.51. The molecule has 3 nitrogen and oxygen atoms in total. The quantitative estimate of drug-likeness (QED) is 0.781. The first-order chi connectivity index (χ1) is 8.73. The van der Waals surface area contributed by atoms with Crippen molar-refractivity contribution in [3.8, 4) is 0 Å². The molecule has 0 spiro atoms. The molecule has 0 unspecified atom stereocenters. The maximum atomic E-state index is 12.4. The predicted molar refractivity (Wildman–Crippen MR) is 73.2 cm³/mol. The van der Waals surface area contributed by atoms with Crippen molar-refractivity contribution in [3.63, 3.8) is 0 Å². The highest BCUT2D eigenvalue weighted by atomic mass is 35.5. The van der Waals surface area contributed by atoms with Crippen molar-refractivity contribution in [1.82, 2.24) is 0 Å². The van der Waals surface area contributed by atoms with Crippen LogP contribution in [0.3, 0.4) is 0 Å². The van der Waals surface area contributed by atoms with Crippen molar-refractivity contribution in [2.45, 2.75) is 44.6 Å². The number of benzene rings is 1. The van der Waals surface area contributed by atoms with Gasteiger partial charge in [-0.1, -0.05) is 23.7 Å². The number of carbonyl (C=O) groups excluding carboxylic acids is 2. The average molecular weight is 281 g/mol. The van der Waals surface area contributed by atoms with Crippen molar-refractivity contribution >= 4 is 23.4 Å². The van der Waals surface area contributed by atoms with Gasteiger partial charge in [0.15, 0.2) is 0 Å². The summed E-state index contributed by atoms with van der Waals surface area (Å²) in [6.45, 7) is 5.45. The maximum Gasteiger partial charge on any atom is 0.317 e. The Morgan fingerprint density at radius 3 is 2.42 bits per heavy atom. The molecule has 0 bridgehead atoms. The number of hydrogen-bond acceptors (Lipinski definition) is 3. The van der Waals surface area contributed by atoms with Crippen LogP contribution in [0.1, 0.15) is 39.2 Å². The summed E-state index contributed by atoms with van der Waals surface area (Å²) in [5.41, 5.74) is -0.662. The van der Waals surface area contributed by atoms with E-state index in [-0.39, 0.29) is 24.6 Å². The SMILES string of the molecule is CC(C)(C)OC(=O)C1(c2cccc(Cl)c2)CC(=O)C1. The second-order valence-corrected chi connectivity index (χ2v) is 6.42. The number of ether oxygens (including phenoxy) is 1. The zero-order valence-corrected chi connectivity index (χ0v) is 12.1. The number of Topliss-reactive ketones (excluding diaryl/α,β-unsaturated/α-hetero) is 1. The first kappa shape index (κ1) is 14.1. The van der Waals surface area contributed by atoms with Crippen LogP contribution in [0.15, 0.2) is 24.3 Å². The van der Waals surface area contributed by atoms with E-state index < -0.39 is 11.0 Å². The first-order valence-electron chi connectivity index (χ1n) is 6.24. The molecule has 2 rings (SSSR count). The molecular weight excluding hydrogens is 264 g/mol. The molecular formula is C15H17ClO3. The Balaban J connectivity index is 2.34. The second-order valence-electron chi connectivity index (χ2n) is 5.99. The van der Waals surface area contributed by atoms with Crippen LogP contribution in [0.2, 0.25) is 5.02 Å². The third kappa shape index (κ3) is 2.81. The highest BCUT2D eigenvalue weighted by molar-refractivity contribution is 6.30. The van der Waals surface area contributed by atoms with Crippen LogP contribution in [0.5, 0.6) is 0 Å². The summed E-state index contributed by atoms with van der Waals surface area (Å²) < 4.78 is 5.45. The fourth-order valence-corrected chi connectivity index (χ4v) is 2.44. The fourth-order valence-electron chi connectivity index (χ4n) is 2.25. The third-order valence-corrected chi connectivity index (χ3v) is 3.40. The van der Waals surface area contributed by atoms with Gasteiger partial charge in [-0.25, -0.2) is 0 Å². The van der Waals surface area contributed by atoms with Crippen molar-refractivity contribution < 1.29 is 14.3 Å². The zero-order chi connectivity index (χ0) is 14.3. The van der Waals surface area contributed by atoms with Crippen LogP contribution >= 0.6 is 11.6 Å². The maximum absolute atomic E-state index is 12.4. The van der Waals surface area contributed by atoms with Crippen molar-refractivity contribution in [1.29, 1.82) is 0 Å². The van der Waals surface area contributed by atoms with Crippen LogP contribution in [-0.2, 0) is 19.7 Å². The van der Waals surface area contributed by atoms with Gasteiger partial charge in [0.2, 0.25) is 0 Å². The molecule has 0 saturated heterocycles. The van der Waals surface area contributed by atoms with E-state index in [0.717, 1.165) is 5.56 Å². The first-order valence-corrected chi connectivity index (χ1v) is 6.62. The van der Waals surface area contributed by atoms with E-state index in [1.807, 2.05) is 26.8 Å². The molecule has 1 aromatic carbocycles. The minimum Gasteiger partial charge on any atom is -0.459 e. The molecule has 1 aromatic rings. The summed E-state index contributed by atoms with van der Waals surface area (Å²) in [6, 6.07) is 7.08. The van der Waals surface area contributed by atoms with E-state index in [4.69, 9.17) is 16.3 Å². The van der Waals surface area contributed by atoms with E-state index in [9.17, 15) is 9.59 Å². The zero-order valence-electron chi connectivity index (χ0n) is 11.3. The predicted octanol–water partition coefficient (Wildman–Crippen LogP) is 3.28. The van der Waals surface area contributed by atoms with Gasteiger partial charge in [0, 0.05) is 17.9 Å². The average Bonchev–Trinajstić information content (AvgIpc) is 2.21. The Bertz CT molecular complexity index is 520. The Hall–Kier alpha value is -1.35. The summed E-state index contributed by atoms with van der Waals surface area (Å²) in [7, 11) is 0. The van der Waals surface area contributed by atoms with Crippen LogP contribution < -0.4 is 0 Å². The second kappa shape index (κ2) is 4.64. The number of carbonyl (C=O) groups is 2. The minimum atomic E-state index is -0.852. The van der Waals surface area contributed by atoms with Crippen molar-refractivity contribution in [2.24, 2.45) is 0 Å². The molecule has 1 aliphatic rings. The number of esters is 1. The molecule has 19 heavy (non-hydrogen) atoms. The van der Waals surface area contributed by atoms with Gasteiger partial charge in [-0.05, 0) is 38.5 Å². The molecule has 0 aliphatic heterocycles. The van der Waals surface area contributed by atoms with Gasteiger partial charge in [-0.2, -0.15) is 0 Å². The molecule has 0 aromatic heterocycles. The summed E-state index contributed by atoms with van der Waals surface area (Å²) in [6.07, 6.45) is 0.393. The largest absolute Gasteiger partial charge is 0.459 e. The van der Waals surface area contributed by atoms with Gasteiger partial charge in [0.05, 0.1) is 0 Å². The molecule has 1 fully saturated rings. The molecule has 1 saturated carbocycles. The van der Waals surface area contributed by atoms with Crippen LogP contribution in [0, 0.1) is 0 Å². The van der Waals surface area contributed by atoms with E-state index in [2.05, 4.69) is 0 Å². The van der Waals surface area contributed by atoms with Gasteiger partial charge < -0.3 is 4.74 Å². The molecule has 102 valence electrons. The molecule has 4 heteroatoms. The fraction of sp³-hybridized carbons (Fsp3) is 0.467. The van der Waals surface area contributed by atoms with Gasteiger partial charge in [-0.15, -0.1) is 0 Å². The number of halogens is 1. The molecule has 0 atom stereocenters. The lowest BCUT2D eigenvalue weighted by Gasteiger charge is -2.40. The summed E-state index contributed by atoms with van der Waals surface area (Å²) >= 11 is 5.97. The molecule has 0 radical (unpaired) electrons. The Morgan fingerprint density at radius 1 is 1.32 bits per heavy atom. The molecule has 0 heterocycles. The third-order valence-electron chi connectivity index (χ3n) is 3.16. The Kier molecular flexibility index (Phi) is 3.43. The summed E-state index contributed by atoms with van der Waals surface area (Å²) in [4.78, 5) is 23.8. The van der Waals surface area contributed by atoms with E-state index in [1.165, 1.54) is 0 Å². The number of rotatable bonds is 2. The van der Waals surface area contributed by atoms with Gasteiger partial charge >= 0.3 is 5.97 Å². The normalized spacial score (nSPS) is 17.8. The van der Waals surface area contributed by atoms with Crippen molar-refractivity contribution in [2.75, 3.05) is 0 Å². The summed E-state index contributed by atoms with van der Waals surface area (Å²) in [5.74, 6) is -0.271. The smallest absolute Gasteiger partial charge is 0.317 e. The Labute approximate surface area is 117 Å². The number of hydrogen-bond donors (Lipinski definition) is 0. The summed E-state index contributed by atoms with van der Waals surface area (Å²) in [5, 5.41) is 0.555. The Morgan fingerprint density at radius 2 is 1.95 bits per heavy atom. The van der Waals surface area contributed by atoms with E-state index in [0.29, 0.717) is 5.02 Å². The minimum absolute atomic E-state index is 0.0748. The van der Waals surface area contributed by atoms with Gasteiger partial charge in [0.25, 0.3) is 0 Å². The van der Waals surface area contributed by atoms with E-state index >= 15 is 0 Å². The van der Waals surface area contributed by atoms with E-state index in [1.54, 1.807) is 18.2 Å². The van der Waals surface area contributed by atoms with Crippen LogP contribution in [-0.4, -0.2) is 17.4 Å². The standard InChI is InChI=1S/C15H17ClO3/c1-14(2,3)19-13(18)15(8-12(17)9-15)10-5-4-6-11(16)7-10/h4-7H,8-9H2,1-3H3. The van der Waals surface area contributed by atoms with Gasteiger partial charge in [-0.3, -0.25) is 9.59 Å². The number of ketones is 1. The molecule has 1 aliphatic carbocycles. The monoisotopic (exact) mass is 280 g/mol. The van der Waals surface area contributed by atoms with Crippen LogP contribution in [0.25, 0.3) is 0 Å². The van der Waals surface area contributed by atoms with Crippen molar-refractivity contribution in [3.05, 3.63) is 34.9 Å². The molecule has 0 amide bonds. The lowest BCUT2D eigenvalue weighted by atomic mass is 9.63. The highest BCUT2D eigenvalue weighted by Gasteiger charge is 2.53. The molecule has 0 N–H and O–H groups in total. The lowest BCUT2D eigenvalue weighted by molar-refractivity contribution is -0.169. The highest BCUT2D eigenvalue weighted by Crippen LogP contribution is 2.43. The van der Waals surface area contributed by atoms with Crippen LogP contribution in [0.4, 0.5) is 0 Å². The topological polar surface area (TPSA) is 43.4 Å².